The minimum absolute atomic E-state index is 0.636. The first-order valence-electron chi connectivity index (χ1n) is 10.5. The molecule has 2 aromatic carbocycles. The summed E-state index contributed by atoms with van der Waals surface area (Å²) in [6, 6.07) is 18.6. The summed E-state index contributed by atoms with van der Waals surface area (Å²) in [4.78, 5) is 0. The van der Waals surface area contributed by atoms with Crippen molar-refractivity contribution < 1.29 is 0 Å². The molecule has 0 heteroatoms. The molecule has 0 nitrogen and oxygen atoms in total. The maximum absolute atomic E-state index is 2.32. The number of rotatable bonds is 8. The lowest BCUT2D eigenvalue weighted by Crippen LogP contribution is -1.96. The van der Waals surface area contributed by atoms with Crippen LogP contribution in [0.4, 0.5) is 0 Å². The van der Waals surface area contributed by atoms with Gasteiger partial charge in [-0.15, -0.1) is 0 Å². The average Bonchev–Trinajstić information content (AvgIpc) is 2.71. The van der Waals surface area contributed by atoms with Crippen molar-refractivity contribution in [2.24, 2.45) is 0 Å². The summed E-state index contributed by atoms with van der Waals surface area (Å²) in [6.07, 6.45) is 4.52. The molecule has 0 aliphatic carbocycles. The fourth-order valence-corrected chi connectivity index (χ4v) is 3.68. The summed E-state index contributed by atoms with van der Waals surface area (Å²) >= 11 is 0. The first kappa shape index (κ1) is 20.5. The third-order valence-corrected chi connectivity index (χ3v) is 5.95. The lowest BCUT2D eigenvalue weighted by Gasteiger charge is -2.17. The van der Waals surface area contributed by atoms with Gasteiger partial charge in [-0.2, -0.15) is 0 Å². The molecule has 0 radical (unpaired) electrons. The smallest absolute Gasteiger partial charge is 0.0193 e. The van der Waals surface area contributed by atoms with Gasteiger partial charge in [-0.05, 0) is 70.9 Å². The third kappa shape index (κ3) is 4.67. The SMILES string of the molecule is CC/C(=C(/CC)c1ccc(C(C)CC)cc1)c1ccc(C(C)CC)cc1. The summed E-state index contributed by atoms with van der Waals surface area (Å²) in [7, 11) is 0. The van der Waals surface area contributed by atoms with Crippen molar-refractivity contribution in [2.75, 3.05) is 0 Å². The van der Waals surface area contributed by atoms with E-state index in [9.17, 15) is 0 Å². The van der Waals surface area contributed by atoms with Crippen molar-refractivity contribution in [3.8, 4) is 0 Å². The molecule has 2 rings (SSSR count). The highest BCUT2D eigenvalue weighted by atomic mass is 14.2. The van der Waals surface area contributed by atoms with E-state index in [1.807, 2.05) is 0 Å². The Labute approximate surface area is 161 Å². The molecular formula is C26H36. The number of hydrogen-bond acceptors (Lipinski definition) is 0. The lowest BCUT2D eigenvalue weighted by molar-refractivity contribution is 0.733. The van der Waals surface area contributed by atoms with Crippen molar-refractivity contribution in [3.05, 3.63) is 70.8 Å². The Hall–Kier alpha value is -1.82. The molecule has 2 aromatic rings. The molecule has 0 spiro atoms. The minimum atomic E-state index is 0.636. The molecule has 2 atom stereocenters. The van der Waals surface area contributed by atoms with Crippen molar-refractivity contribution >= 4 is 11.1 Å². The molecule has 0 aromatic heterocycles. The highest BCUT2D eigenvalue weighted by Crippen LogP contribution is 2.33. The summed E-state index contributed by atoms with van der Waals surface area (Å²) in [5, 5.41) is 0. The molecule has 0 heterocycles. The van der Waals surface area contributed by atoms with E-state index < -0.39 is 0 Å². The van der Waals surface area contributed by atoms with E-state index in [4.69, 9.17) is 0 Å². The number of allylic oxidation sites excluding steroid dienone is 2. The largest absolute Gasteiger partial charge is 0.0648 e. The van der Waals surface area contributed by atoms with Crippen LogP contribution in [0.5, 0.6) is 0 Å². The van der Waals surface area contributed by atoms with Crippen molar-refractivity contribution in [1.29, 1.82) is 0 Å². The van der Waals surface area contributed by atoms with Gasteiger partial charge in [0.15, 0.2) is 0 Å². The zero-order chi connectivity index (χ0) is 19.1. The Bertz CT molecular complexity index is 637. The molecular weight excluding hydrogens is 312 g/mol. The van der Waals surface area contributed by atoms with Gasteiger partial charge in [-0.1, -0.05) is 90.1 Å². The van der Waals surface area contributed by atoms with Crippen LogP contribution in [0.2, 0.25) is 0 Å². The summed E-state index contributed by atoms with van der Waals surface area (Å²) in [6.45, 7) is 13.7. The quantitative estimate of drug-likeness (QED) is 0.420. The molecule has 0 amide bonds. The van der Waals surface area contributed by atoms with Gasteiger partial charge < -0.3 is 0 Å². The highest BCUT2D eigenvalue weighted by Gasteiger charge is 2.11. The maximum atomic E-state index is 2.32. The van der Waals surface area contributed by atoms with E-state index in [-0.39, 0.29) is 0 Å². The van der Waals surface area contributed by atoms with Gasteiger partial charge in [0.1, 0.15) is 0 Å². The van der Waals surface area contributed by atoms with Crippen molar-refractivity contribution in [3.63, 3.8) is 0 Å². The standard InChI is InChI=1S/C26H36/c1-7-19(5)21-11-15-23(16-12-21)25(9-3)26(10-4)24-17-13-22(14-18-24)20(6)8-2/h11-20H,7-10H2,1-6H3/b26-25+. The zero-order valence-corrected chi connectivity index (χ0v) is 17.6. The van der Waals surface area contributed by atoms with Crippen LogP contribution in [0, 0.1) is 0 Å². The summed E-state index contributed by atoms with van der Waals surface area (Å²) < 4.78 is 0. The first-order valence-corrected chi connectivity index (χ1v) is 10.5. The number of benzene rings is 2. The average molecular weight is 349 g/mol. The van der Waals surface area contributed by atoms with E-state index in [0.29, 0.717) is 11.8 Å². The van der Waals surface area contributed by atoms with Crippen LogP contribution in [0.1, 0.15) is 101 Å². The van der Waals surface area contributed by atoms with Crippen LogP contribution >= 0.6 is 0 Å². The molecule has 0 aliphatic heterocycles. The van der Waals surface area contributed by atoms with Crippen LogP contribution in [0.25, 0.3) is 11.1 Å². The molecule has 0 bridgehead atoms. The maximum Gasteiger partial charge on any atom is -0.0193 e. The van der Waals surface area contributed by atoms with E-state index in [1.165, 1.54) is 46.2 Å². The van der Waals surface area contributed by atoms with E-state index >= 15 is 0 Å². The second kappa shape index (κ2) is 9.76. The van der Waals surface area contributed by atoms with Crippen LogP contribution in [0.3, 0.4) is 0 Å². The zero-order valence-electron chi connectivity index (χ0n) is 17.6. The predicted octanol–water partition coefficient (Wildman–Crippen LogP) is 8.44. The molecule has 0 aliphatic rings. The summed E-state index contributed by atoms with van der Waals surface area (Å²) in [5.41, 5.74) is 8.62. The molecule has 140 valence electrons. The summed E-state index contributed by atoms with van der Waals surface area (Å²) in [5.74, 6) is 1.27. The van der Waals surface area contributed by atoms with E-state index in [1.54, 1.807) is 0 Å². The predicted molar refractivity (Wildman–Crippen MR) is 118 cm³/mol. The Morgan fingerprint density at radius 2 is 0.885 bits per heavy atom. The van der Waals surface area contributed by atoms with Crippen LogP contribution in [-0.4, -0.2) is 0 Å². The molecule has 0 N–H and O–H groups in total. The van der Waals surface area contributed by atoms with Gasteiger partial charge in [0, 0.05) is 0 Å². The van der Waals surface area contributed by atoms with Crippen molar-refractivity contribution in [1.82, 2.24) is 0 Å². The molecule has 2 unspecified atom stereocenters. The number of hydrogen-bond donors (Lipinski definition) is 0. The molecule has 0 fully saturated rings. The van der Waals surface area contributed by atoms with Gasteiger partial charge in [0.05, 0.1) is 0 Å². The van der Waals surface area contributed by atoms with Gasteiger partial charge in [-0.3, -0.25) is 0 Å². The van der Waals surface area contributed by atoms with Crippen molar-refractivity contribution in [2.45, 2.75) is 79.1 Å². The lowest BCUT2D eigenvalue weighted by atomic mass is 9.88. The molecule has 0 saturated carbocycles. The topological polar surface area (TPSA) is 0 Å². The second-order valence-electron chi connectivity index (χ2n) is 7.53. The fourth-order valence-electron chi connectivity index (χ4n) is 3.68. The van der Waals surface area contributed by atoms with Gasteiger partial charge in [0.2, 0.25) is 0 Å². The monoisotopic (exact) mass is 348 g/mol. The molecule has 26 heavy (non-hydrogen) atoms. The Morgan fingerprint density at radius 3 is 1.12 bits per heavy atom. The van der Waals surface area contributed by atoms with Gasteiger partial charge >= 0.3 is 0 Å². The third-order valence-electron chi connectivity index (χ3n) is 5.95. The van der Waals surface area contributed by atoms with Crippen LogP contribution < -0.4 is 0 Å². The van der Waals surface area contributed by atoms with Crippen LogP contribution in [0.15, 0.2) is 48.5 Å². The van der Waals surface area contributed by atoms with Crippen LogP contribution in [-0.2, 0) is 0 Å². The Balaban J connectivity index is 2.40. The highest BCUT2D eigenvalue weighted by molar-refractivity contribution is 5.90. The van der Waals surface area contributed by atoms with Gasteiger partial charge in [0.25, 0.3) is 0 Å². The fraction of sp³-hybridized carbons (Fsp3) is 0.462. The van der Waals surface area contributed by atoms with Gasteiger partial charge in [-0.25, -0.2) is 0 Å². The normalized spacial score (nSPS) is 14.7. The first-order chi connectivity index (χ1) is 12.5. The minimum Gasteiger partial charge on any atom is -0.0648 e. The van der Waals surface area contributed by atoms with E-state index in [0.717, 1.165) is 12.8 Å². The van der Waals surface area contributed by atoms with E-state index in [2.05, 4.69) is 90.1 Å². The molecule has 0 saturated heterocycles. The second-order valence-corrected chi connectivity index (χ2v) is 7.53. The Kier molecular flexibility index (Phi) is 7.69. The Morgan fingerprint density at radius 1 is 0.577 bits per heavy atom.